The van der Waals surface area contributed by atoms with Crippen molar-refractivity contribution in [1.29, 1.82) is 0 Å². The fourth-order valence-corrected chi connectivity index (χ4v) is 3.76. The van der Waals surface area contributed by atoms with E-state index in [1.807, 2.05) is 87.5 Å². The van der Waals surface area contributed by atoms with E-state index in [0.29, 0.717) is 12.8 Å². The normalized spacial score (nSPS) is 13.5. The van der Waals surface area contributed by atoms with Crippen molar-refractivity contribution in [2.75, 3.05) is 11.4 Å². The number of ether oxygens (including phenoxy) is 2. The van der Waals surface area contributed by atoms with Gasteiger partial charge in [0.15, 0.2) is 0 Å². The standard InChI is InChI=1S/C27H27NO4/c1-27(2,3)32-26(30)18-28-24-15-11-20(17-21(24)12-16-25(28)29)19-9-13-23(14-10-19)31-22-7-5-4-6-8-22/h4-11,13-15,17H,12,16,18H2,1-3H3. The lowest BCUT2D eigenvalue weighted by molar-refractivity contribution is -0.153. The van der Waals surface area contributed by atoms with Crippen molar-refractivity contribution in [3.8, 4) is 22.6 Å². The van der Waals surface area contributed by atoms with Crippen LogP contribution >= 0.6 is 0 Å². The minimum atomic E-state index is -0.584. The maximum absolute atomic E-state index is 12.5. The predicted molar refractivity (Wildman–Crippen MR) is 125 cm³/mol. The molecule has 0 saturated heterocycles. The van der Waals surface area contributed by atoms with Crippen molar-refractivity contribution in [3.05, 3.63) is 78.4 Å². The van der Waals surface area contributed by atoms with Gasteiger partial charge in [-0.05, 0) is 80.3 Å². The van der Waals surface area contributed by atoms with Crippen molar-refractivity contribution >= 4 is 17.6 Å². The average Bonchev–Trinajstić information content (AvgIpc) is 2.75. The summed E-state index contributed by atoms with van der Waals surface area (Å²) < 4.78 is 11.3. The van der Waals surface area contributed by atoms with Crippen molar-refractivity contribution in [1.82, 2.24) is 0 Å². The summed E-state index contributed by atoms with van der Waals surface area (Å²) in [6.07, 6.45) is 1.03. The molecule has 1 aliphatic heterocycles. The van der Waals surface area contributed by atoms with Crippen molar-refractivity contribution < 1.29 is 19.1 Å². The molecular weight excluding hydrogens is 402 g/mol. The first-order valence-corrected chi connectivity index (χ1v) is 10.8. The van der Waals surface area contributed by atoms with Crippen LogP contribution < -0.4 is 9.64 Å². The highest BCUT2D eigenvalue weighted by Gasteiger charge is 2.28. The lowest BCUT2D eigenvalue weighted by Crippen LogP contribution is -2.41. The van der Waals surface area contributed by atoms with Crippen LogP contribution in [-0.2, 0) is 20.7 Å². The van der Waals surface area contributed by atoms with Gasteiger partial charge in [0.25, 0.3) is 0 Å². The molecular formula is C27H27NO4. The molecule has 0 spiro atoms. The van der Waals surface area contributed by atoms with Gasteiger partial charge in [0.1, 0.15) is 23.6 Å². The molecule has 1 heterocycles. The Morgan fingerprint density at radius 2 is 1.53 bits per heavy atom. The third-order valence-corrected chi connectivity index (χ3v) is 5.15. The van der Waals surface area contributed by atoms with Crippen molar-refractivity contribution in [3.63, 3.8) is 0 Å². The summed E-state index contributed by atoms with van der Waals surface area (Å²) in [5.74, 6) is 1.10. The van der Waals surface area contributed by atoms with Crippen LogP contribution in [0.2, 0.25) is 0 Å². The minimum Gasteiger partial charge on any atom is -0.459 e. The molecule has 0 atom stereocenters. The SMILES string of the molecule is CC(C)(C)OC(=O)CN1C(=O)CCc2cc(-c3ccc(Oc4ccccc4)cc3)ccc21. The van der Waals surface area contributed by atoms with Crippen LogP contribution in [0.1, 0.15) is 32.8 Å². The Morgan fingerprint density at radius 3 is 2.22 bits per heavy atom. The van der Waals surface area contributed by atoms with Crippen LogP contribution in [0.5, 0.6) is 11.5 Å². The third kappa shape index (κ3) is 5.17. The summed E-state index contributed by atoms with van der Waals surface area (Å²) in [5.41, 5.74) is 3.36. The van der Waals surface area contributed by atoms with Crippen LogP contribution in [0.25, 0.3) is 11.1 Å². The van der Waals surface area contributed by atoms with Gasteiger partial charge in [0.2, 0.25) is 5.91 Å². The summed E-state index contributed by atoms with van der Waals surface area (Å²) in [7, 11) is 0. The number of fused-ring (bicyclic) bond motifs is 1. The molecule has 0 N–H and O–H groups in total. The van der Waals surface area contributed by atoms with Crippen LogP contribution in [0.15, 0.2) is 72.8 Å². The number of nitrogens with zero attached hydrogens (tertiary/aromatic N) is 1. The van der Waals surface area contributed by atoms with Gasteiger partial charge in [-0.15, -0.1) is 0 Å². The highest BCUT2D eigenvalue weighted by atomic mass is 16.6. The molecule has 3 aromatic rings. The highest BCUT2D eigenvalue weighted by Crippen LogP contribution is 2.33. The molecule has 0 unspecified atom stereocenters. The first-order valence-electron chi connectivity index (χ1n) is 10.8. The van der Waals surface area contributed by atoms with Gasteiger partial charge in [-0.1, -0.05) is 36.4 Å². The van der Waals surface area contributed by atoms with Crippen molar-refractivity contribution in [2.45, 2.75) is 39.2 Å². The molecule has 0 saturated carbocycles. The quantitative estimate of drug-likeness (QED) is 0.484. The number of rotatable bonds is 5. The van der Waals surface area contributed by atoms with Gasteiger partial charge < -0.3 is 14.4 Å². The third-order valence-electron chi connectivity index (χ3n) is 5.15. The second-order valence-electron chi connectivity index (χ2n) is 8.85. The first-order chi connectivity index (χ1) is 15.3. The number of hydrogen-bond acceptors (Lipinski definition) is 4. The molecule has 164 valence electrons. The second kappa shape index (κ2) is 8.87. The Morgan fingerprint density at radius 1 is 0.875 bits per heavy atom. The van der Waals surface area contributed by atoms with Crippen LogP contribution in [-0.4, -0.2) is 24.0 Å². The van der Waals surface area contributed by atoms with Crippen LogP contribution in [0, 0.1) is 0 Å². The van der Waals surface area contributed by atoms with E-state index in [1.54, 1.807) is 0 Å². The molecule has 1 aliphatic rings. The summed E-state index contributed by atoms with van der Waals surface area (Å²) in [4.78, 5) is 26.3. The maximum Gasteiger partial charge on any atom is 0.326 e. The largest absolute Gasteiger partial charge is 0.459 e. The fourth-order valence-electron chi connectivity index (χ4n) is 3.76. The van der Waals surface area contributed by atoms with Crippen LogP contribution in [0.4, 0.5) is 5.69 Å². The van der Waals surface area contributed by atoms with Crippen LogP contribution in [0.3, 0.4) is 0 Å². The summed E-state index contributed by atoms with van der Waals surface area (Å²) >= 11 is 0. The van der Waals surface area contributed by atoms with E-state index in [9.17, 15) is 9.59 Å². The zero-order valence-electron chi connectivity index (χ0n) is 18.6. The number of anilines is 1. The number of benzene rings is 3. The molecule has 5 heteroatoms. The van der Waals surface area contributed by atoms with Gasteiger partial charge in [-0.3, -0.25) is 9.59 Å². The lowest BCUT2D eigenvalue weighted by atomic mass is 9.96. The van der Waals surface area contributed by atoms with E-state index in [1.165, 1.54) is 4.90 Å². The first kappa shape index (κ1) is 21.6. The number of carbonyl (C=O) groups excluding carboxylic acids is 2. The number of para-hydroxylation sites is 1. The molecule has 0 bridgehead atoms. The topological polar surface area (TPSA) is 55.8 Å². The molecule has 5 nitrogen and oxygen atoms in total. The molecule has 3 aromatic carbocycles. The molecule has 1 amide bonds. The zero-order chi connectivity index (χ0) is 22.7. The second-order valence-corrected chi connectivity index (χ2v) is 8.85. The molecule has 0 fully saturated rings. The van der Waals surface area contributed by atoms with E-state index in [-0.39, 0.29) is 12.5 Å². The molecule has 4 rings (SSSR count). The Bertz CT molecular complexity index is 1110. The Balaban J connectivity index is 1.52. The monoisotopic (exact) mass is 429 g/mol. The van der Waals surface area contributed by atoms with E-state index in [2.05, 4.69) is 6.07 Å². The smallest absolute Gasteiger partial charge is 0.326 e. The fraction of sp³-hybridized carbons (Fsp3) is 0.259. The molecule has 0 aliphatic carbocycles. The number of aryl methyl sites for hydroxylation is 1. The summed E-state index contributed by atoms with van der Waals surface area (Å²) in [5, 5.41) is 0. The molecule has 0 aromatic heterocycles. The van der Waals surface area contributed by atoms with E-state index in [0.717, 1.165) is 33.9 Å². The Hall–Kier alpha value is -3.60. The van der Waals surface area contributed by atoms with E-state index in [4.69, 9.17) is 9.47 Å². The van der Waals surface area contributed by atoms with Crippen molar-refractivity contribution in [2.24, 2.45) is 0 Å². The van der Waals surface area contributed by atoms with Gasteiger partial charge >= 0.3 is 5.97 Å². The highest BCUT2D eigenvalue weighted by molar-refractivity contribution is 6.00. The lowest BCUT2D eigenvalue weighted by Gasteiger charge is -2.30. The summed E-state index contributed by atoms with van der Waals surface area (Å²) in [6.45, 7) is 5.38. The molecule has 0 radical (unpaired) electrons. The maximum atomic E-state index is 12.5. The Kier molecular flexibility index (Phi) is 5.99. The Labute approximate surface area is 188 Å². The number of esters is 1. The van der Waals surface area contributed by atoms with Gasteiger partial charge in [0.05, 0.1) is 0 Å². The molecule has 32 heavy (non-hydrogen) atoms. The number of amides is 1. The minimum absolute atomic E-state index is 0.0569. The number of hydrogen-bond donors (Lipinski definition) is 0. The average molecular weight is 430 g/mol. The predicted octanol–water partition coefficient (Wildman–Crippen LogP) is 5.77. The van der Waals surface area contributed by atoms with Gasteiger partial charge in [0, 0.05) is 12.1 Å². The van der Waals surface area contributed by atoms with E-state index < -0.39 is 11.6 Å². The number of carbonyl (C=O) groups is 2. The van der Waals surface area contributed by atoms with Gasteiger partial charge in [-0.25, -0.2) is 0 Å². The zero-order valence-corrected chi connectivity index (χ0v) is 18.6. The van der Waals surface area contributed by atoms with E-state index >= 15 is 0 Å². The van der Waals surface area contributed by atoms with Gasteiger partial charge in [-0.2, -0.15) is 0 Å². The summed E-state index contributed by atoms with van der Waals surface area (Å²) in [6, 6.07) is 23.6.